The number of ether oxygens (including phenoxy) is 2. The summed E-state index contributed by atoms with van der Waals surface area (Å²) in [7, 11) is 1.38. The minimum Gasteiger partial charge on any atom is -0.507 e. The predicted molar refractivity (Wildman–Crippen MR) is 170 cm³/mol. The van der Waals surface area contributed by atoms with Gasteiger partial charge in [0.15, 0.2) is 11.5 Å². The van der Waals surface area contributed by atoms with Crippen molar-refractivity contribution in [2.45, 2.75) is 39.3 Å². The molecule has 1 aliphatic heterocycles. The number of hydrogen-bond acceptors (Lipinski definition) is 8. The molecule has 4 aromatic rings. The molecule has 6 rings (SSSR count). The largest absolute Gasteiger partial charge is 0.507 e. The number of carbonyl (C=O) groups is 2. The highest BCUT2D eigenvalue weighted by Crippen LogP contribution is 2.56. The van der Waals surface area contributed by atoms with Crippen LogP contribution in [0.2, 0.25) is 0 Å². The van der Waals surface area contributed by atoms with Crippen LogP contribution in [0.15, 0.2) is 101 Å². The topological polar surface area (TPSA) is 127 Å². The number of fused-ring (bicyclic) bond motifs is 4. The molecule has 1 atom stereocenters. The molecule has 0 bridgehead atoms. The van der Waals surface area contributed by atoms with Gasteiger partial charge < -0.3 is 29.8 Å². The highest BCUT2D eigenvalue weighted by molar-refractivity contribution is 6.27. The summed E-state index contributed by atoms with van der Waals surface area (Å²) in [6.45, 7) is 5.49. The van der Waals surface area contributed by atoms with Crippen molar-refractivity contribution in [1.82, 2.24) is 5.32 Å². The molecular formula is C36H32N2O7. The highest BCUT2D eigenvalue weighted by Gasteiger charge is 2.55. The maximum absolute atomic E-state index is 14.1. The van der Waals surface area contributed by atoms with Crippen molar-refractivity contribution in [3.05, 3.63) is 124 Å². The van der Waals surface area contributed by atoms with Crippen LogP contribution in [-0.2, 0) is 28.2 Å². The first-order valence-electron chi connectivity index (χ1n) is 14.4. The molecule has 4 aromatic carbocycles. The Morgan fingerprint density at radius 3 is 2.53 bits per heavy atom. The van der Waals surface area contributed by atoms with Crippen LogP contribution in [0, 0.1) is 6.92 Å². The van der Waals surface area contributed by atoms with Gasteiger partial charge in [0.25, 0.3) is 5.91 Å². The number of aliphatic hydroxyl groups excluding tert-OH is 1. The van der Waals surface area contributed by atoms with E-state index < -0.39 is 17.1 Å². The number of amides is 1. The van der Waals surface area contributed by atoms with E-state index in [0.29, 0.717) is 0 Å². The normalized spacial score (nSPS) is 17.4. The Balaban J connectivity index is 1.33. The Kier molecular flexibility index (Phi) is 7.54. The Morgan fingerprint density at radius 2 is 1.78 bits per heavy atom. The Morgan fingerprint density at radius 1 is 1.04 bits per heavy atom. The SMILES string of the molecule is COc1cc(O)c2c(c1C(=O)NCc1c(C)ccc3ccccc13)OC1=CC(O)=C(C(C)=NOCc3ccccc3)C(=O)[C@]12C. The molecule has 0 saturated carbocycles. The molecule has 45 heavy (non-hydrogen) atoms. The fourth-order valence-electron chi connectivity index (χ4n) is 5.99. The minimum absolute atomic E-state index is 0.0186. The van der Waals surface area contributed by atoms with Gasteiger partial charge in [0.05, 0.1) is 24.0 Å². The lowest BCUT2D eigenvalue weighted by atomic mass is 9.71. The summed E-state index contributed by atoms with van der Waals surface area (Å²) >= 11 is 0. The molecule has 0 fully saturated rings. The van der Waals surface area contributed by atoms with Crippen LogP contribution in [0.4, 0.5) is 0 Å². The zero-order valence-electron chi connectivity index (χ0n) is 25.3. The van der Waals surface area contributed by atoms with E-state index >= 15 is 0 Å². The van der Waals surface area contributed by atoms with Gasteiger partial charge in [-0.3, -0.25) is 9.59 Å². The van der Waals surface area contributed by atoms with E-state index in [0.717, 1.165) is 27.5 Å². The number of nitrogens with one attached hydrogen (secondary N) is 1. The number of allylic oxidation sites excluding steroid dienone is 3. The van der Waals surface area contributed by atoms with Gasteiger partial charge in [0, 0.05) is 18.7 Å². The molecule has 1 amide bonds. The molecular weight excluding hydrogens is 572 g/mol. The van der Waals surface area contributed by atoms with Gasteiger partial charge in [0.2, 0.25) is 0 Å². The number of phenols is 1. The number of aromatic hydroxyl groups is 1. The summed E-state index contributed by atoms with van der Waals surface area (Å²) in [4.78, 5) is 33.4. The van der Waals surface area contributed by atoms with Crippen LogP contribution in [-0.4, -0.2) is 34.7 Å². The van der Waals surface area contributed by atoms with Crippen LogP contribution < -0.4 is 14.8 Å². The fourth-order valence-corrected chi connectivity index (χ4v) is 5.99. The third kappa shape index (κ3) is 4.96. The van der Waals surface area contributed by atoms with Crippen molar-refractivity contribution >= 4 is 28.2 Å². The number of phenolic OH excluding ortho intramolecular Hbond substituents is 1. The summed E-state index contributed by atoms with van der Waals surface area (Å²) in [5.74, 6) is -1.64. The number of methoxy groups -OCH3 is 1. The number of Topliss-reactive ketones (excluding diaryl/α,β-unsaturated/α-hetero) is 1. The van der Waals surface area contributed by atoms with Gasteiger partial charge in [-0.2, -0.15) is 0 Å². The number of carbonyl (C=O) groups excluding carboxylic acids is 2. The smallest absolute Gasteiger partial charge is 0.259 e. The van der Waals surface area contributed by atoms with Crippen LogP contribution >= 0.6 is 0 Å². The van der Waals surface area contributed by atoms with Crippen molar-refractivity contribution in [2.24, 2.45) is 5.16 Å². The monoisotopic (exact) mass is 604 g/mol. The Hall–Kier alpha value is -5.57. The van der Waals surface area contributed by atoms with Gasteiger partial charge in [-0.05, 0) is 48.2 Å². The molecule has 0 saturated heterocycles. The second kappa shape index (κ2) is 11.5. The summed E-state index contributed by atoms with van der Waals surface area (Å²) in [6, 6.07) is 22.7. The Bertz CT molecular complexity index is 1960. The highest BCUT2D eigenvalue weighted by atomic mass is 16.6. The standard InChI is InChI=1S/C36H32N2O7/c1-20-14-15-23-12-8-9-13-24(23)25(20)18-37-35(42)31-28(43-4)16-27(40)32-33(31)45-29-17-26(39)30(34(41)36(29,32)3)21(2)38-44-19-22-10-6-5-7-11-22/h5-17,39-40H,18-19H2,1-4H3,(H,37,42)/t36-/m1/s1. The fraction of sp³-hybridized carbons (Fsp3) is 0.194. The van der Waals surface area contributed by atoms with Crippen LogP contribution in [0.3, 0.4) is 0 Å². The number of hydrogen-bond donors (Lipinski definition) is 3. The number of aliphatic hydroxyl groups is 1. The van der Waals surface area contributed by atoms with E-state index in [4.69, 9.17) is 14.3 Å². The quantitative estimate of drug-likeness (QED) is 0.159. The molecule has 228 valence electrons. The lowest BCUT2D eigenvalue weighted by Gasteiger charge is -2.28. The first-order valence-corrected chi connectivity index (χ1v) is 14.4. The van der Waals surface area contributed by atoms with Gasteiger partial charge in [-0.1, -0.05) is 71.9 Å². The van der Waals surface area contributed by atoms with Crippen molar-refractivity contribution in [3.8, 4) is 17.2 Å². The maximum atomic E-state index is 14.1. The first-order chi connectivity index (χ1) is 21.6. The third-order valence-corrected chi connectivity index (χ3v) is 8.42. The Labute approximate surface area is 260 Å². The lowest BCUT2D eigenvalue weighted by Crippen LogP contribution is -2.38. The summed E-state index contributed by atoms with van der Waals surface area (Å²) in [5, 5.41) is 31.2. The van der Waals surface area contributed by atoms with E-state index in [9.17, 15) is 19.8 Å². The van der Waals surface area contributed by atoms with Crippen molar-refractivity contribution in [2.75, 3.05) is 7.11 Å². The zero-order valence-corrected chi connectivity index (χ0v) is 25.3. The molecule has 9 heteroatoms. The van der Waals surface area contributed by atoms with E-state index in [2.05, 4.69) is 10.5 Å². The van der Waals surface area contributed by atoms with E-state index in [1.165, 1.54) is 19.3 Å². The van der Waals surface area contributed by atoms with E-state index in [1.54, 1.807) is 13.8 Å². The number of rotatable bonds is 8. The van der Waals surface area contributed by atoms with Crippen molar-refractivity contribution in [1.29, 1.82) is 0 Å². The van der Waals surface area contributed by atoms with E-state index in [1.807, 2.05) is 73.7 Å². The number of benzene rings is 4. The average Bonchev–Trinajstić information content (AvgIpc) is 3.34. The minimum atomic E-state index is -1.56. The van der Waals surface area contributed by atoms with Crippen molar-refractivity contribution in [3.63, 3.8) is 0 Å². The number of nitrogens with zero attached hydrogens (tertiary/aromatic N) is 1. The van der Waals surface area contributed by atoms with Gasteiger partial charge in [-0.25, -0.2) is 0 Å². The molecule has 0 aromatic heterocycles. The maximum Gasteiger partial charge on any atom is 0.259 e. The van der Waals surface area contributed by atoms with Gasteiger partial charge in [-0.15, -0.1) is 0 Å². The molecule has 9 nitrogen and oxygen atoms in total. The van der Waals surface area contributed by atoms with Gasteiger partial charge >= 0.3 is 0 Å². The third-order valence-electron chi connectivity index (χ3n) is 8.42. The molecule has 3 N–H and O–H groups in total. The second-order valence-electron chi connectivity index (χ2n) is 11.2. The van der Waals surface area contributed by atoms with Crippen molar-refractivity contribution < 1.29 is 34.1 Å². The number of aryl methyl sites for hydroxylation is 1. The molecule has 2 aliphatic rings. The molecule has 1 aliphatic carbocycles. The van der Waals surface area contributed by atoms with E-state index in [-0.39, 0.29) is 64.3 Å². The summed E-state index contributed by atoms with van der Waals surface area (Å²) in [5.41, 5.74) is 1.46. The first kappa shape index (κ1) is 29.5. The summed E-state index contributed by atoms with van der Waals surface area (Å²) in [6.07, 6.45) is 1.31. The molecule has 0 unspecified atom stereocenters. The van der Waals surface area contributed by atoms with Crippen LogP contribution in [0.1, 0.15) is 46.5 Å². The van der Waals surface area contributed by atoms with Gasteiger partial charge in [0.1, 0.15) is 40.6 Å². The zero-order chi connectivity index (χ0) is 31.9. The number of oxime groups is 1. The lowest BCUT2D eigenvalue weighted by molar-refractivity contribution is -0.119. The van der Waals surface area contributed by atoms with Crippen LogP contribution in [0.25, 0.3) is 10.8 Å². The molecule has 0 spiro atoms. The summed E-state index contributed by atoms with van der Waals surface area (Å²) < 4.78 is 11.6. The number of ketones is 1. The average molecular weight is 605 g/mol. The molecule has 1 heterocycles. The van der Waals surface area contributed by atoms with Crippen LogP contribution in [0.5, 0.6) is 17.2 Å². The predicted octanol–water partition coefficient (Wildman–Crippen LogP) is 6.31. The molecule has 0 radical (unpaired) electrons. The second-order valence-corrected chi connectivity index (χ2v) is 11.2.